The highest BCUT2D eigenvalue weighted by atomic mass is 16.4. The van der Waals surface area contributed by atoms with Crippen LogP contribution in [0, 0.1) is 0 Å². The summed E-state index contributed by atoms with van der Waals surface area (Å²) in [6.07, 6.45) is 0. The largest absolute Gasteiger partial charge is 0.493 e. The minimum absolute atomic E-state index is 0.0842. The molecule has 2 heterocycles. The van der Waals surface area contributed by atoms with Crippen molar-refractivity contribution in [1.29, 1.82) is 0 Å². The van der Waals surface area contributed by atoms with E-state index in [-0.39, 0.29) is 22.7 Å². The van der Waals surface area contributed by atoms with Crippen LogP contribution in [0.1, 0.15) is 17.3 Å². The van der Waals surface area contributed by atoms with E-state index in [1.165, 1.54) is 16.8 Å². The summed E-state index contributed by atoms with van der Waals surface area (Å²) >= 11 is 0. The van der Waals surface area contributed by atoms with Crippen molar-refractivity contribution in [2.45, 2.75) is 13.5 Å². The lowest BCUT2D eigenvalue weighted by Crippen LogP contribution is -2.25. The van der Waals surface area contributed by atoms with Crippen LogP contribution in [0.5, 0.6) is 5.88 Å². The van der Waals surface area contributed by atoms with Gasteiger partial charge in [-0.1, -0.05) is 48.5 Å². The molecule has 0 saturated carbocycles. The Bertz CT molecular complexity index is 1660. The molecule has 3 aromatic carbocycles. The Labute approximate surface area is 206 Å². The molecule has 0 saturated heterocycles. The van der Waals surface area contributed by atoms with Crippen molar-refractivity contribution in [3.05, 3.63) is 101 Å². The molecule has 0 atom stereocenters. The molecule has 0 radical (unpaired) electrons. The smallest absolute Gasteiger partial charge is 0.336 e. The van der Waals surface area contributed by atoms with Crippen molar-refractivity contribution >= 4 is 28.2 Å². The molecule has 3 N–H and O–H groups in total. The van der Waals surface area contributed by atoms with Crippen molar-refractivity contribution in [3.8, 4) is 28.3 Å². The highest BCUT2D eigenvalue weighted by molar-refractivity contribution is 6.01. The molecular formula is C28H22N4O4. The number of hydrogen-bond donors (Lipinski definition) is 3. The fourth-order valence-electron chi connectivity index (χ4n) is 4.23. The summed E-state index contributed by atoms with van der Waals surface area (Å²) in [5, 5.41) is 28.1. The lowest BCUT2D eigenvalue weighted by molar-refractivity contribution is 0.0697. The molecule has 0 bridgehead atoms. The number of nitrogens with zero attached hydrogens (tertiary/aromatic N) is 3. The van der Waals surface area contributed by atoms with E-state index in [0.717, 1.165) is 5.56 Å². The first kappa shape index (κ1) is 22.8. The number of aryl methyl sites for hydroxylation is 1. The van der Waals surface area contributed by atoms with Gasteiger partial charge in [0.25, 0.3) is 5.56 Å². The van der Waals surface area contributed by atoms with Gasteiger partial charge < -0.3 is 15.5 Å². The Hall–Kier alpha value is -4.98. The van der Waals surface area contributed by atoms with Gasteiger partial charge in [-0.3, -0.25) is 4.79 Å². The number of nitrogens with one attached hydrogen (secondary N) is 1. The molecule has 0 amide bonds. The summed E-state index contributed by atoms with van der Waals surface area (Å²) in [5.41, 5.74) is 3.46. The van der Waals surface area contributed by atoms with E-state index in [0.29, 0.717) is 40.0 Å². The Balaban J connectivity index is 1.73. The Morgan fingerprint density at radius 1 is 0.944 bits per heavy atom. The molecule has 8 nitrogen and oxygen atoms in total. The zero-order chi connectivity index (χ0) is 25.2. The number of carboxylic acid groups (broad SMARTS) is 1. The van der Waals surface area contributed by atoms with E-state index in [9.17, 15) is 19.8 Å². The van der Waals surface area contributed by atoms with E-state index < -0.39 is 5.97 Å². The highest BCUT2D eigenvalue weighted by Crippen LogP contribution is 2.35. The average molecular weight is 479 g/mol. The van der Waals surface area contributed by atoms with Crippen LogP contribution < -0.4 is 10.9 Å². The number of carbonyl (C=O) groups is 1. The maximum Gasteiger partial charge on any atom is 0.336 e. The molecule has 0 aliphatic carbocycles. The first-order valence-electron chi connectivity index (χ1n) is 11.4. The molecule has 0 spiro atoms. The second-order valence-electron chi connectivity index (χ2n) is 8.13. The van der Waals surface area contributed by atoms with Crippen LogP contribution >= 0.6 is 0 Å². The molecule has 0 aliphatic heterocycles. The summed E-state index contributed by atoms with van der Waals surface area (Å²) in [6, 6.07) is 24.6. The SMILES string of the molecule is CCn1nc(-c2c(C(=O)O)cccc2-c2ccccc2)cc(Nc2cccc3nc(O)ccc23)c1=O. The number of aromatic hydroxyl groups is 1. The monoisotopic (exact) mass is 478 g/mol. The average Bonchev–Trinajstić information content (AvgIpc) is 2.89. The van der Waals surface area contributed by atoms with Gasteiger partial charge in [0.1, 0.15) is 5.69 Å². The van der Waals surface area contributed by atoms with Gasteiger partial charge in [0.15, 0.2) is 0 Å². The normalized spacial score (nSPS) is 10.9. The first-order chi connectivity index (χ1) is 17.5. The molecule has 0 aliphatic rings. The molecular weight excluding hydrogens is 456 g/mol. The number of pyridine rings is 1. The minimum atomic E-state index is -1.09. The van der Waals surface area contributed by atoms with Crippen molar-refractivity contribution in [3.63, 3.8) is 0 Å². The molecule has 5 rings (SSSR count). The molecule has 5 aromatic rings. The van der Waals surface area contributed by atoms with E-state index >= 15 is 0 Å². The van der Waals surface area contributed by atoms with Crippen molar-refractivity contribution in [2.24, 2.45) is 0 Å². The zero-order valence-corrected chi connectivity index (χ0v) is 19.3. The van der Waals surface area contributed by atoms with Gasteiger partial charge in [-0.15, -0.1) is 0 Å². The number of anilines is 2. The van der Waals surface area contributed by atoms with Gasteiger partial charge in [0.05, 0.1) is 16.8 Å². The molecule has 0 fully saturated rings. The molecule has 8 heteroatoms. The molecule has 178 valence electrons. The molecule has 0 unspecified atom stereocenters. The van der Waals surface area contributed by atoms with Crippen LogP contribution in [0.25, 0.3) is 33.3 Å². The molecule has 36 heavy (non-hydrogen) atoms. The maximum absolute atomic E-state index is 13.2. The quantitative estimate of drug-likeness (QED) is 0.303. The molecule has 2 aromatic heterocycles. The van der Waals surface area contributed by atoms with Gasteiger partial charge in [-0.05, 0) is 48.4 Å². The first-order valence-corrected chi connectivity index (χ1v) is 11.4. The fourth-order valence-corrected chi connectivity index (χ4v) is 4.23. The Kier molecular flexibility index (Phi) is 5.92. The van der Waals surface area contributed by atoms with Crippen molar-refractivity contribution in [1.82, 2.24) is 14.8 Å². The third kappa shape index (κ3) is 4.16. The number of benzene rings is 3. The van der Waals surface area contributed by atoms with Gasteiger partial charge in [0, 0.05) is 29.2 Å². The van der Waals surface area contributed by atoms with Crippen LogP contribution in [0.3, 0.4) is 0 Å². The number of carboxylic acids is 1. The third-order valence-corrected chi connectivity index (χ3v) is 5.90. The van der Waals surface area contributed by atoms with Crippen molar-refractivity contribution in [2.75, 3.05) is 5.32 Å². The predicted octanol–water partition coefficient (Wildman–Crippen LogP) is 5.29. The lowest BCUT2D eigenvalue weighted by atomic mass is 9.93. The number of fused-ring (bicyclic) bond motifs is 1. The summed E-state index contributed by atoms with van der Waals surface area (Å²) in [6.45, 7) is 2.09. The van der Waals surface area contributed by atoms with Gasteiger partial charge in [-0.25, -0.2) is 14.5 Å². The van der Waals surface area contributed by atoms with Crippen LogP contribution in [-0.2, 0) is 6.54 Å². The Morgan fingerprint density at radius 3 is 2.47 bits per heavy atom. The van der Waals surface area contributed by atoms with E-state index in [1.54, 1.807) is 43.3 Å². The predicted molar refractivity (Wildman–Crippen MR) is 139 cm³/mol. The van der Waals surface area contributed by atoms with Gasteiger partial charge in [-0.2, -0.15) is 5.10 Å². The lowest BCUT2D eigenvalue weighted by Gasteiger charge is -2.16. The van der Waals surface area contributed by atoms with E-state index in [1.807, 2.05) is 36.4 Å². The highest BCUT2D eigenvalue weighted by Gasteiger charge is 2.20. The van der Waals surface area contributed by atoms with Crippen LogP contribution in [0.15, 0.2) is 89.7 Å². The standard InChI is InChI=1S/C28H22N4O4/c1-2-32-27(34)24(29-21-12-7-13-22-19(21)14-15-25(33)30-22)16-23(31-32)26-18(17-8-4-3-5-9-17)10-6-11-20(26)28(35)36/h3-16,29H,2H2,1H3,(H,30,33)(H,35,36). The number of aromatic carboxylic acids is 1. The topological polar surface area (TPSA) is 117 Å². The zero-order valence-electron chi connectivity index (χ0n) is 19.3. The van der Waals surface area contributed by atoms with Crippen LogP contribution in [0.2, 0.25) is 0 Å². The summed E-state index contributed by atoms with van der Waals surface area (Å²) in [4.78, 5) is 29.6. The third-order valence-electron chi connectivity index (χ3n) is 5.90. The second kappa shape index (κ2) is 9.34. The summed E-state index contributed by atoms with van der Waals surface area (Å²) < 4.78 is 1.31. The van der Waals surface area contributed by atoms with Crippen LogP contribution in [0.4, 0.5) is 11.4 Å². The minimum Gasteiger partial charge on any atom is -0.493 e. The van der Waals surface area contributed by atoms with Gasteiger partial charge >= 0.3 is 5.97 Å². The number of hydrogen-bond acceptors (Lipinski definition) is 6. The maximum atomic E-state index is 13.2. The van der Waals surface area contributed by atoms with E-state index in [2.05, 4.69) is 15.4 Å². The second-order valence-corrected chi connectivity index (χ2v) is 8.13. The van der Waals surface area contributed by atoms with Gasteiger partial charge in [0.2, 0.25) is 5.88 Å². The van der Waals surface area contributed by atoms with Crippen LogP contribution in [-0.4, -0.2) is 30.9 Å². The summed E-state index contributed by atoms with van der Waals surface area (Å²) in [7, 11) is 0. The van der Waals surface area contributed by atoms with Crippen molar-refractivity contribution < 1.29 is 15.0 Å². The number of aromatic nitrogens is 3. The Morgan fingerprint density at radius 2 is 1.72 bits per heavy atom. The fraction of sp³-hybridized carbons (Fsp3) is 0.0714. The number of rotatable bonds is 6. The summed E-state index contributed by atoms with van der Waals surface area (Å²) in [5.74, 6) is -1.19. The van der Waals surface area contributed by atoms with E-state index in [4.69, 9.17) is 0 Å².